The number of ether oxygens (including phenoxy) is 1. The van der Waals surface area contributed by atoms with Crippen LogP contribution in [0.5, 0.6) is 5.75 Å². The molecule has 2 aromatic rings. The zero-order chi connectivity index (χ0) is 16.8. The van der Waals surface area contributed by atoms with Crippen molar-refractivity contribution in [2.45, 2.75) is 12.3 Å². The number of hydrogen-bond acceptors (Lipinski definition) is 4. The van der Waals surface area contributed by atoms with Crippen molar-refractivity contribution in [3.05, 3.63) is 50.6 Å². The van der Waals surface area contributed by atoms with E-state index in [0.717, 1.165) is 15.8 Å². The van der Waals surface area contributed by atoms with Crippen LogP contribution in [0.1, 0.15) is 16.4 Å². The Kier molecular flexibility index (Phi) is 6.18. The SMILES string of the molecule is COc1cc(CCNC(=O)C(C(N)=O)c2cccs2)ccc1Br. The standard InChI is InChI=1S/C16H17BrN2O3S/c1-22-12-9-10(4-5-11(12)17)6-7-19-16(21)14(15(18)20)13-3-2-8-23-13/h2-5,8-9,14H,6-7H2,1H3,(H2,18,20)(H,19,21). The lowest BCUT2D eigenvalue weighted by atomic mass is 10.1. The predicted molar refractivity (Wildman–Crippen MR) is 93.7 cm³/mol. The first-order chi connectivity index (χ1) is 11.0. The quantitative estimate of drug-likeness (QED) is 0.705. The van der Waals surface area contributed by atoms with E-state index in [-0.39, 0.29) is 5.91 Å². The molecule has 0 radical (unpaired) electrons. The Labute approximate surface area is 147 Å². The highest BCUT2D eigenvalue weighted by molar-refractivity contribution is 9.10. The number of methoxy groups -OCH3 is 1. The van der Waals surface area contributed by atoms with Crippen LogP contribution in [0.3, 0.4) is 0 Å². The zero-order valence-electron chi connectivity index (χ0n) is 12.5. The van der Waals surface area contributed by atoms with Gasteiger partial charge >= 0.3 is 0 Å². The molecule has 2 amide bonds. The number of carbonyl (C=O) groups excluding carboxylic acids is 2. The van der Waals surface area contributed by atoms with Gasteiger partial charge in [-0.25, -0.2) is 0 Å². The Balaban J connectivity index is 1.95. The van der Waals surface area contributed by atoms with E-state index in [1.165, 1.54) is 11.3 Å². The molecule has 2 rings (SSSR count). The van der Waals surface area contributed by atoms with E-state index < -0.39 is 11.8 Å². The van der Waals surface area contributed by atoms with Gasteiger partial charge in [0.1, 0.15) is 5.75 Å². The molecule has 0 spiro atoms. The van der Waals surface area contributed by atoms with Crippen molar-refractivity contribution < 1.29 is 14.3 Å². The normalized spacial score (nSPS) is 11.7. The first-order valence-electron chi connectivity index (χ1n) is 6.95. The number of rotatable bonds is 7. The molecule has 23 heavy (non-hydrogen) atoms. The maximum Gasteiger partial charge on any atom is 0.237 e. The minimum Gasteiger partial charge on any atom is -0.496 e. The molecular weight excluding hydrogens is 380 g/mol. The first-order valence-corrected chi connectivity index (χ1v) is 8.63. The van der Waals surface area contributed by atoms with Gasteiger partial charge in [0.2, 0.25) is 11.8 Å². The Morgan fingerprint density at radius 1 is 1.39 bits per heavy atom. The van der Waals surface area contributed by atoms with Crippen LogP contribution >= 0.6 is 27.3 Å². The molecule has 0 fully saturated rings. The lowest BCUT2D eigenvalue weighted by molar-refractivity contribution is -0.129. The summed E-state index contributed by atoms with van der Waals surface area (Å²) in [6.45, 7) is 0.415. The summed E-state index contributed by atoms with van der Waals surface area (Å²) < 4.78 is 6.11. The molecule has 0 bridgehead atoms. The largest absolute Gasteiger partial charge is 0.496 e. The van der Waals surface area contributed by atoms with Crippen LogP contribution in [0.2, 0.25) is 0 Å². The topological polar surface area (TPSA) is 81.4 Å². The monoisotopic (exact) mass is 396 g/mol. The van der Waals surface area contributed by atoms with E-state index >= 15 is 0 Å². The molecule has 3 N–H and O–H groups in total. The van der Waals surface area contributed by atoms with Gasteiger partial charge in [-0.15, -0.1) is 11.3 Å². The van der Waals surface area contributed by atoms with E-state index in [9.17, 15) is 9.59 Å². The van der Waals surface area contributed by atoms with E-state index in [4.69, 9.17) is 10.5 Å². The van der Waals surface area contributed by atoms with Gasteiger partial charge in [-0.3, -0.25) is 9.59 Å². The van der Waals surface area contributed by atoms with Crippen molar-refractivity contribution in [3.63, 3.8) is 0 Å². The Morgan fingerprint density at radius 3 is 2.78 bits per heavy atom. The second-order valence-corrected chi connectivity index (χ2v) is 6.69. The molecule has 1 aromatic heterocycles. The predicted octanol–water partition coefficient (Wildman–Crippen LogP) is 2.45. The molecule has 1 atom stereocenters. The number of nitrogens with two attached hydrogens (primary N) is 1. The molecule has 122 valence electrons. The van der Waals surface area contributed by atoms with Crippen LogP contribution in [-0.2, 0) is 16.0 Å². The molecular formula is C16H17BrN2O3S. The van der Waals surface area contributed by atoms with Crippen LogP contribution in [0, 0.1) is 0 Å². The number of primary amides is 1. The highest BCUT2D eigenvalue weighted by Crippen LogP contribution is 2.25. The third kappa shape index (κ3) is 4.56. The zero-order valence-corrected chi connectivity index (χ0v) is 14.9. The molecule has 1 unspecified atom stereocenters. The Morgan fingerprint density at radius 2 is 2.17 bits per heavy atom. The minimum absolute atomic E-state index is 0.371. The Hall–Kier alpha value is -1.86. The molecule has 7 heteroatoms. The van der Waals surface area contributed by atoms with Crippen LogP contribution in [0.15, 0.2) is 40.2 Å². The fraction of sp³-hybridized carbons (Fsp3) is 0.250. The van der Waals surface area contributed by atoms with Gasteiger partial charge in [-0.05, 0) is 51.5 Å². The van der Waals surface area contributed by atoms with Crippen LogP contribution in [0.25, 0.3) is 0 Å². The summed E-state index contributed by atoms with van der Waals surface area (Å²) in [5.74, 6) is -1.21. The second kappa shape index (κ2) is 8.12. The van der Waals surface area contributed by atoms with Gasteiger partial charge in [0.15, 0.2) is 5.92 Å². The summed E-state index contributed by atoms with van der Waals surface area (Å²) in [5.41, 5.74) is 6.38. The lowest BCUT2D eigenvalue weighted by Gasteiger charge is -2.12. The van der Waals surface area contributed by atoms with Crippen LogP contribution in [0.4, 0.5) is 0 Å². The average Bonchev–Trinajstić information content (AvgIpc) is 3.02. The number of amides is 2. The highest BCUT2D eigenvalue weighted by Gasteiger charge is 2.26. The maximum absolute atomic E-state index is 12.2. The number of thiophene rings is 1. The number of hydrogen-bond donors (Lipinski definition) is 2. The average molecular weight is 397 g/mol. The fourth-order valence-electron chi connectivity index (χ4n) is 2.15. The van der Waals surface area contributed by atoms with Gasteiger partial charge in [0.25, 0.3) is 0 Å². The number of benzene rings is 1. The summed E-state index contributed by atoms with van der Waals surface area (Å²) in [5, 5.41) is 4.58. The van der Waals surface area contributed by atoms with Crippen molar-refractivity contribution in [3.8, 4) is 5.75 Å². The van der Waals surface area contributed by atoms with E-state index in [2.05, 4.69) is 21.2 Å². The van der Waals surface area contributed by atoms with Crippen molar-refractivity contribution in [1.82, 2.24) is 5.32 Å². The number of carbonyl (C=O) groups is 2. The molecule has 0 aliphatic heterocycles. The third-order valence-electron chi connectivity index (χ3n) is 3.30. The highest BCUT2D eigenvalue weighted by atomic mass is 79.9. The summed E-state index contributed by atoms with van der Waals surface area (Å²) in [7, 11) is 1.60. The lowest BCUT2D eigenvalue weighted by Crippen LogP contribution is -2.37. The molecule has 0 aliphatic rings. The number of nitrogens with one attached hydrogen (secondary N) is 1. The minimum atomic E-state index is -0.936. The summed E-state index contributed by atoms with van der Waals surface area (Å²) in [4.78, 5) is 24.4. The van der Waals surface area contributed by atoms with Gasteiger partial charge in [-0.2, -0.15) is 0 Å². The van der Waals surface area contributed by atoms with Crippen molar-refractivity contribution in [2.24, 2.45) is 5.73 Å². The molecule has 1 heterocycles. The van der Waals surface area contributed by atoms with Crippen LogP contribution < -0.4 is 15.8 Å². The third-order valence-corrected chi connectivity index (χ3v) is 4.90. The van der Waals surface area contributed by atoms with Gasteiger partial charge < -0.3 is 15.8 Å². The van der Waals surface area contributed by atoms with Gasteiger partial charge in [0, 0.05) is 11.4 Å². The van der Waals surface area contributed by atoms with Crippen LogP contribution in [-0.4, -0.2) is 25.5 Å². The van der Waals surface area contributed by atoms with E-state index in [1.54, 1.807) is 19.2 Å². The number of halogens is 1. The molecule has 0 saturated heterocycles. The Bertz CT molecular complexity index is 689. The summed E-state index contributed by atoms with van der Waals surface area (Å²) >= 11 is 4.73. The fourth-order valence-corrected chi connectivity index (χ4v) is 3.39. The van der Waals surface area contributed by atoms with E-state index in [1.807, 2.05) is 23.6 Å². The van der Waals surface area contributed by atoms with Crippen molar-refractivity contribution in [1.29, 1.82) is 0 Å². The van der Waals surface area contributed by atoms with Crippen molar-refractivity contribution in [2.75, 3.05) is 13.7 Å². The first kappa shape index (κ1) is 17.5. The smallest absolute Gasteiger partial charge is 0.237 e. The molecule has 1 aromatic carbocycles. The maximum atomic E-state index is 12.2. The molecule has 5 nitrogen and oxygen atoms in total. The molecule has 0 saturated carbocycles. The second-order valence-electron chi connectivity index (χ2n) is 4.86. The van der Waals surface area contributed by atoms with Gasteiger partial charge in [-0.1, -0.05) is 12.1 Å². The van der Waals surface area contributed by atoms with E-state index in [0.29, 0.717) is 17.8 Å². The van der Waals surface area contributed by atoms with Crippen molar-refractivity contribution >= 4 is 39.1 Å². The van der Waals surface area contributed by atoms with Gasteiger partial charge in [0.05, 0.1) is 11.6 Å². The molecule has 0 aliphatic carbocycles. The summed E-state index contributed by atoms with van der Waals surface area (Å²) in [6, 6.07) is 9.27. The summed E-state index contributed by atoms with van der Waals surface area (Å²) in [6.07, 6.45) is 0.630.